The number of nitrogens with zero attached hydrogens (tertiary/aromatic N) is 1. The van der Waals surface area contributed by atoms with Crippen LogP contribution in [-0.2, 0) is 11.2 Å². The molecule has 4 rings (SSSR count). The molecule has 1 aliphatic rings. The number of carbonyl (C=O) groups excluding carboxylic acids is 1. The zero-order valence-electron chi connectivity index (χ0n) is 17.4. The SMILES string of the molecule is CC1(C)CCCCC1.COC(=O)c1ccc2nc(Cc3ccc(F)cc3)[nH]c2c1. The molecule has 0 aliphatic heterocycles. The third kappa shape index (κ3) is 5.89. The number of carbonyl (C=O) groups is 1. The Morgan fingerprint density at radius 1 is 1.10 bits per heavy atom. The molecule has 0 atom stereocenters. The van der Waals surface area contributed by atoms with E-state index in [4.69, 9.17) is 4.74 Å². The zero-order chi connectivity index (χ0) is 20.9. The molecule has 0 spiro atoms. The Hall–Kier alpha value is -2.69. The van der Waals surface area contributed by atoms with Crippen molar-refractivity contribution in [2.24, 2.45) is 5.41 Å². The van der Waals surface area contributed by atoms with Crippen LogP contribution in [0.5, 0.6) is 0 Å². The summed E-state index contributed by atoms with van der Waals surface area (Å²) in [5, 5.41) is 0. The maximum atomic E-state index is 12.9. The van der Waals surface area contributed by atoms with Crippen LogP contribution in [0.1, 0.15) is 67.7 Å². The third-order valence-electron chi connectivity index (χ3n) is 5.44. The first kappa shape index (κ1) is 21.0. The predicted octanol–water partition coefficient (Wildman–Crippen LogP) is 6.06. The Morgan fingerprint density at radius 3 is 2.38 bits per heavy atom. The second-order valence-corrected chi connectivity index (χ2v) is 8.44. The van der Waals surface area contributed by atoms with Crippen LogP contribution in [0.2, 0.25) is 0 Å². The molecule has 1 saturated carbocycles. The number of nitrogens with one attached hydrogen (secondary N) is 1. The fourth-order valence-corrected chi connectivity index (χ4v) is 3.70. The lowest BCUT2D eigenvalue weighted by atomic mass is 9.78. The number of methoxy groups -OCH3 is 1. The van der Waals surface area contributed by atoms with Crippen molar-refractivity contribution in [2.45, 2.75) is 52.4 Å². The molecule has 0 amide bonds. The van der Waals surface area contributed by atoms with Gasteiger partial charge in [-0.3, -0.25) is 0 Å². The van der Waals surface area contributed by atoms with E-state index in [1.165, 1.54) is 51.3 Å². The molecule has 0 radical (unpaired) electrons. The van der Waals surface area contributed by atoms with Gasteiger partial charge >= 0.3 is 5.97 Å². The van der Waals surface area contributed by atoms with E-state index in [9.17, 15) is 9.18 Å². The Morgan fingerprint density at radius 2 is 1.79 bits per heavy atom. The minimum Gasteiger partial charge on any atom is -0.465 e. The van der Waals surface area contributed by atoms with E-state index in [0.29, 0.717) is 17.4 Å². The van der Waals surface area contributed by atoms with E-state index >= 15 is 0 Å². The number of aromatic nitrogens is 2. The first-order valence-electron chi connectivity index (χ1n) is 10.2. The molecule has 1 aliphatic carbocycles. The Balaban J connectivity index is 0.000000252. The van der Waals surface area contributed by atoms with E-state index in [0.717, 1.165) is 22.4 Å². The molecule has 1 fully saturated rings. The average Bonchev–Trinajstić information content (AvgIpc) is 3.11. The number of rotatable bonds is 3. The van der Waals surface area contributed by atoms with Crippen LogP contribution in [0.3, 0.4) is 0 Å². The van der Waals surface area contributed by atoms with Gasteiger partial charge in [-0.05, 0) is 54.2 Å². The van der Waals surface area contributed by atoms with Gasteiger partial charge in [0.2, 0.25) is 0 Å². The van der Waals surface area contributed by atoms with Crippen molar-refractivity contribution in [1.29, 1.82) is 0 Å². The molecule has 29 heavy (non-hydrogen) atoms. The second-order valence-electron chi connectivity index (χ2n) is 8.44. The minimum atomic E-state index is -0.383. The highest BCUT2D eigenvalue weighted by Crippen LogP contribution is 2.34. The number of hydrogen-bond donors (Lipinski definition) is 1. The molecule has 4 nitrogen and oxygen atoms in total. The summed E-state index contributed by atoms with van der Waals surface area (Å²) in [5.41, 5.74) is 3.67. The first-order valence-corrected chi connectivity index (χ1v) is 10.2. The summed E-state index contributed by atoms with van der Waals surface area (Å²) in [6, 6.07) is 11.5. The average molecular weight is 397 g/mol. The molecule has 0 bridgehead atoms. The van der Waals surface area contributed by atoms with Crippen LogP contribution in [-0.4, -0.2) is 23.0 Å². The molecule has 0 unspecified atom stereocenters. The van der Waals surface area contributed by atoms with Crippen molar-refractivity contribution in [1.82, 2.24) is 9.97 Å². The summed E-state index contributed by atoms with van der Waals surface area (Å²) < 4.78 is 17.6. The van der Waals surface area contributed by atoms with Crippen molar-refractivity contribution in [3.05, 3.63) is 65.2 Å². The maximum absolute atomic E-state index is 12.9. The predicted molar refractivity (Wildman–Crippen MR) is 114 cm³/mol. The molecule has 1 N–H and O–H groups in total. The second kappa shape index (κ2) is 9.21. The number of esters is 1. The number of benzene rings is 2. The lowest BCUT2D eigenvalue weighted by Crippen LogP contribution is -2.14. The van der Waals surface area contributed by atoms with E-state index in [2.05, 4.69) is 23.8 Å². The summed E-state index contributed by atoms with van der Waals surface area (Å²) in [4.78, 5) is 19.1. The number of halogens is 1. The van der Waals surface area contributed by atoms with E-state index in [1.54, 1.807) is 30.3 Å². The summed E-state index contributed by atoms with van der Waals surface area (Å²) in [7, 11) is 1.35. The molecule has 1 aromatic heterocycles. The minimum absolute atomic E-state index is 0.258. The fraction of sp³-hybridized carbons (Fsp3) is 0.417. The monoisotopic (exact) mass is 396 g/mol. The van der Waals surface area contributed by atoms with Crippen LogP contribution in [0.15, 0.2) is 42.5 Å². The standard InChI is InChI=1S/C16H13FN2O2.C8H16/c1-21-16(20)11-4-7-13-14(9-11)19-15(18-13)8-10-2-5-12(17)6-3-10;1-8(2)6-4-3-5-7-8/h2-7,9H,8H2,1H3,(H,18,19);3-7H2,1-2H3. The van der Waals surface area contributed by atoms with Gasteiger partial charge in [-0.1, -0.05) is 45.2 Å². The molecule has 1 heterocycles. The summed E-state index contributed by atoms with van der Waals surface area (Å²) in [6.07, 6.45) is 7.88. The van der Waals surface area contributed by atoms with E-state index in [1.807, 2.05) is 0 Å². The van der Waals surface area contributed by atoms with Gasteiger partial charge in [-0.25, -0.2) is 14.2 Å². The van der Waals surface area contributed by atoms with Gasteiger partial charge in [0, 0.05) is 6.42 Å². The summed E-state index contributed by atoms with van der Waals surface area (Å²) >= 11 is 0. The van der Waals surface area contributed by atoms with Crippen molar-refractivity contribution in [3.63, 3.8) is 0 Å². The molecular weight excluding hydrogens is 367 g/mol. The van der Waals surface area contributed by atoms with Gasteiger partial charge in [0.1, 0.15) is 11.6 Å². The highest BCUT2D eigenvalue weighted by molar-refractivity contribution is 5.93. The van der Waals surface area contributed by atoms with Gasteiger partial charge in [-0.2, -0.15) is 0 Å². The van der Waals surface area contributed by atoms with Gasteiger partial charge < -0.3 is 9.72 Å². The van der Waals surface area contributed by atoms with Crippen LogP contribution in [0, 0.1) is 11.2 Å². The summed E-state index contributed by atoms with van der Waals surface area (Å²) in [6.45, 7) is 4.76. The van der Waals surface area contributed by atoms with Gasteiger partial charge in [0.15, 0.2) is 0 Å². The smallest absolute Gasteiger partial charge is 0.337 e. The van der Waals surface area contributed by atoms with Crippen LogP contribution in [0.25, 0.3) is 11.0 Å². The number of H-pyrrole nitrogens is 1. The number of aromatic amines is 1. The maximum Gasteiger partial charge on any atom is 0.337 e. The lowest BCUT2D eigenvalue weighted by molar-refractivity contribution is 0.0601. The van der Waals surface area contributed by atoms with E-state index in [-0.39, 0.29) is 11.8 Å². The quantitative estimate of drug-likeness (QED) is 0.548. The van der Waals surface area contributed by atoms with Crippen LogP contribution >= 0.6 is 0 Å². The fourth-order valence-electron chi connectivity index (χ4n) is 3.70. The van der Waals surface area contributed by atoms with Crippen molar-refractivity contribution < 1.29 is 13.9 Å². The Labute approximate surface area is 171 Å². The number of imidazole rings is 1. The number of ether oxygens (including phenoxy) is 1. The lowest BCUT2D eigenvalue weighted by Gasteiger charge is -2.28. The molecule has 5 heteroatoms. The molecule has 154 valence electrons. The van der Waals surface area contributed by atoms with Crippen molar-refractivity contribution in [3.8, 4) is 0 Å². The van der Waals surface area contributed by atoms with Gasteiger partial charge in [0.25, 0.3) is 0 Å². The highest BCUT2D eigenvalue weighted by Gasteiger charge is 2.19. The highest BCUT2D eigenvalue weighted by atomic mass is 19.1. The van der Waals surface area contributed by atoms with Gasteiger partial charge in [-0.15, -0.1) is 0 Å². The molecule has 2 aromatic carbocycles. The number of hydrogen-bond acceptors (Lipinski definition) is 3. The van der Waals surface area contributed by atoms with Crippen LogP contribution < -0.4 is 0 Å². The number of fused-ring (bicyclic) bond motifs is 1. The van der Waals surface area contributed by atoms with Crippen LogP contribution in [0.4, 0.5) is 4.39 Å². The first-order chi connectivity index (χ1) is 13.9. The molecular formula is C24H29FN2O2. The van der Waals surface area contributed by atoms with Crippen molar-refractivity contribution >= 4 is 17.0 Å². The van der Waals surface area contributed by atoms with E-state index < -0.39 is 0 Å². The Kier molecular flexibility index (Phi) is 6.68. The molecule has 0 saturated heterocycles. The topological polar surface area (TPSA) is 55.0 Å². The normalized spacial score (nSPS) is 15.4. The zero-order valence-corrected chi connectivity index (χ0v) is 17.4. The van der Waals surface area contributed by atoms with Gasteiger partial charge in [0.05, 0.1) is 23.7 Å². The third-order valence-corrected chi connectivity index (χ3v) is 5.44. The largest absolute Gasteiger partial charge is 0.465 e. The molecule has 3 aromatic rings. The van der Waals surface area contributed by atoms with Crippen molar-refractivity contribution in [2.75, 3.05) is 7.11 Å². The summed E-state index contributed by atoms with van der Waals surface area (Å²) in [5.74, 6) is 0.122. The Bertz CT molecular complexity index is 953.